The minimum absolute atomic E-state index is 0.0107. The molecule has 2 amide bonds. The lowest BCUT2D eigenvalue weighted by atomic mass is 9.99. The van der Waals surface area contributed by atoms with Crippen LogP contribution in [0.4, 0.5) is 4.79 Å². The standard InChI is InChI=1S/C14H26N2O3/c1-9(2)11-7-6-8-16(11)13(17)12(10(3)4)15-14(18)19-5/h9-12H,6-8H2,1-5H3,(H,15,18)/t11-,12?/m0/s1. The van der Waals surface area contributed by atoms with Crippen LogP contribution in [-0.2, 0) is 9.53 Å². The number of methoxy groups -OCH3 is 1. The number of likely N-dealkylation sites (tertiary alicyclic amines) is 1. The van der Waals surface area contributed by atoms with E-state index in [2.05, 4.69) is 23.9 Å². The number of carbonyl (C=O) groups excluding carboxylic acids is 2. The van der Waals surface area contributed by atoms with Gasteiger partial charge in [0.1, 0.15) is 6.04 Å². The van der Waals surface area contributed by atoms with Gasteiger partial charge in [0.05, 0.1) is 7.11 Å². The highest BCUT2D eigenvalue weighted by atomic mass is 16.5. The molecule has 5 heteroatoms. The zero-order valence-electron chi connectivity index (χ0n) is 12.6. The quantitative estimate of drug-likeness (QED) is 0.850. The number of ether oxygens (including phenoxy) is 1. The molecule has 0 saturated carbocycles. The number of alkyl carbamates (subject to hydrolysis) is 1. The maximum Gasteiger partial charge on any atom is 0.407 e. The molecule has 1 fully saturated rings. The number of hydrogen-bond acceptors (Lipinski definition) is 3. The highest BCUT2D eigenvalue weighted by molar-refractivity contribution is 5.86. The molecule has 0 radical (unpaired) electrons. The Balaban J connectivity index is 2.78. The minimum atomic E-state index is -0.549. The first kappa shape index (κ1) is 15.8. The van der Waals surface area contributed by atoms with Crippen molar-refractivity contribution in [3.8, 4) is 0 Å². The molecule has 0 aromatic heterocycles. The first-order valence-corrected chi connectivity index (χ1v) is 7.03. The third kappa shape index (κ3) is 3.85. The van der Waals surface area contributed by atoms with Gasteiger partial charge in [0.2, 0.25) is 5.91 Å². The summed E-state index contributed by atoms with van der Waals surface area (Å²) in [5.41, 5.74) is 0. The summed E-state index contributed by atoms with van der Waals surface area (Å²) in [5, 5.41) is 2.65. The Kier molecular flexibility index (Phi) is 5.63. The smallest absolute Gasteiger partial charge is 0.407 e. The van der Waals surface area contributed by atoms with Crippen LogP contribution >= 0.6 is 0 Å². The van der Waals surface area contributed by atoms with Crippen molar-refractivity contribution in [3.05, 3.63) is 0 Å². The van der Waals surface area contributed by atoms with E-state index in [1.54, 1.807) is 0 Å². The monoisotopic (exact) mass is 270 g/mol. The fourth-order valence-corrected chi connectivity index (χ4v) is 2.64. The Morgan fingerprint density at radius 1 is 1.26 bits per heavy atom. The average Bonchev–Trinajstić information content (AvgIpc) is 2.83. The maximum atomic E-state index is 12.6. The summed E-state index contributed by atoms with van der Waals surface area (Å²) >= 11 is 0. The Hall–Kier alpha value is -1.26. The van der Waals surface area contributed by atoms with Crippen molar-refractivity contribution in [1.82, 2.24) is 10.2 Å². The first-order chi connectivity index (χ1) is 8.88. The Morgan fingerprint density at radius 3 is 2.37 bits per heavy atom. The van der Waals surface area contributed by atoms with Crippen molar-refractivity contribution in [2.45, 2.75) is 52.6 Å². The molecule has 1 heterocycles. The van der Waals surface area contributed by atoms with E-state index in [0.717, 1.165) is 19.4 Å². The van der Waals surface area contributed by atoms with Crippen LogP contribution in [0, 0.1) is 11.8 Å². The van der Waals surface area contributed by atoms with Crippen LogP contribution in [0.1, 0.15) is 40.5 Å². The van der Waals surface area contributed by atoms with E-state index < -0.39 is 12.1 Å². The van der Waals surface area contributed by atoms with E-state index in [0.29, 0.717) is 5.92 Å². The SMILES string of the molecule is COC(=O)NC(C(=O)N1CCC[C@H]1C(C)C)C(C)C. The summed E-state index contributed by atoms with van der Waals surface area (Å²) in [6.07, 6.45) is 1.54. The second-order valence-corrected chi connectivity index (χ2v) is 5.84. The number of hydrogen-bond donors (Lipinski definition) is 1. The van der Waals surface area contributed by atoms with Crippen molar-refractivity contribution in [3.63, 3.8) is 0 Å². The molecule has 0 aromatic carbocycles. The number of nitrogens with zero attached hydrogens (tertiary/aromatic N) is 1. The molecule has 5 nitrogen and oxygen atoms in total. The number of carbonyl (C=O) groups is 2. The molecule has 110 valence electrons. The molecule has 1 saturated heterocycles. The van der Waals surface area contributed by atoms with Gasteiger partial charge in [-0.25, -0.2) is 4.79 Å². The number of nitrogens with one attached hydrogen (secondary N) is 1. The largest absolute Gasteiger partial charge is 0.453 e. The minimum Gasteiger partial charge on any atom is -0.453 e. The van der Waals surface area contributed by atoms with Gasteiger partial charge in [-0.15, -0.1) is 0 Å². The van der Waals surface area contributed by atoms with E-state index in [1.165, 1.54) is 7.11 Å². The van der Waals surface area contributed by atoms with Gasteiger partial charge in [-0.2, -0.15) is 0 Å². The van der Waals surface area contributed by atoms with Crippen LogP contribution in [0.3, 0.4) is 0 Å². The van der Waals surface area contributed by atoms with E-state index in [9.17, 15) is 9.59 Å². The number of amides is 2. The molecule has 1 aliphatic heterocycles. The molecule has 0 aromatic rings. The van der Waals surface area contributed by atoms with E-state index in [-0.39, 0.29) is 17.9 Å². The second kappa shape index (κ2) is 6.78. The molecule has 1 unspecified atom stereocenters. The van der Waals surface area contributed by atoms with Gasteiger partial charge in [0.15, 0.2) is 0 Å². The van der Waals surface area contributed by atoms with Crippen molar-refractivity contribution in [2.75, 3.05) is 13.7 Å². The Morgan fingerprint density at radius 2 is 1.89 bits per heavy atom. The van der Waals surface area contributed by atoms with Gasteiger partial charge in [0.25, 0.3) is 0 Å². The average molecular weight is 270 g/mol. The summed E-state index contributed by atoms with van der Waals surface area (Å²) in [5.74, 6) is 0.494. The molecule has 0 spiro atoms. The molecule has 1 N–H and O–H groups in total. The lowest BCUT2D eigenvalue weighted by Gasteiger charge is -2.32. The van der Waals surface area contributed by atoms with Gasteiger partial charge in [-0.05, 0) is 24.7 Å². The summed E-state index contributed by atoms with van der Waals surface area (Å²) < 4.78 is 4.60. The summed E-state index contributed by atoms with van der Waals surface area (Å²) in [4.78, 5) is 25.9. The van der Waals surface area contributed by atoms with Crippen LogP contribution in [0.5, 0.6) is 0 Å². The molecule has 19 heavy (non-hydrogen) atoms. The van der Waals surface area contributed by atoms with Crippen molar-refractivity contribution in [1.29, 1.82) is 0 Å². The fourth-order valence-electron chi connectivity index (χ4n) is 2.64. The second-order valence-electron chi connectivity index (χ2n) is 5.84. The van der Waals surface area contributed by atoms with E-state index in [4.69, 9.17) is 0 Å². The van der Waals surface area contributed by atoms with Crippen LogP contribution in [-0.4, -0.2) is 42.6 Å². The van der Waals surface area contributed by atoms with Gasteiger partial charge < -0.3 is 15.0 Å². The van der Waals surface area contributed by atoms with Crippen molar-refractivity contribution < 1.29 is 14.3 Å². The van der Waals surface area contributed by atoms with Crippen LogP contribution in [0.2, 0.25) is 0 Å². The van der Waals surface area contributed by atoms with Gasteiger partial charge in [0, 0.05) is 12.6 Å². The lowest BCUT2D eigenvalue weighted by molar-refractivity contribution is -0.136. The molecule has 1 aliphatic rings. The molecule has 1 rings (SSSR count). The Labute approximate surface area is 115 Å². The highest BCUT2D eigenvalue weighted by Crippen LogP contribution is 2.25. The third-order valence-corrected chi connectivity index (χ3v) is 3.74. The zero-order valence-corrected chi connectivity index (χ0v) is 12.6. The first-order valence-electron chi connectivity index (χ1n) is 7.03. The molecular weight excluding hydrogens is 244 g/mol. The predicted octanol–water partition coefficient (Wildman–Crippen LogP) is 2.01. The number of rotatable bonds is 4. The summed E-state index contributed by atoms with van der Waals surface area (Å²) in [7, 11) is 1.31. The van der Waals surface area contributed by atoms with Gasteiger partial charge in [-0.3, -0.25) is 4.79 Å². The van der Waals surface area contributed by atoms with Crippen LogP contribution in [0.15, 0.2) is 0 Å². The third-order valence-electron chi connectivity index (χ3n) is 3.74. The zero-order chi connectivity index (χ0) is 14.6. The van der Waals surface area contributed by atoms with E-state index >= 15 is 0 Å². The van der Waals surface area contributed by atoms with Gasteiger partial charge >= 0.3 is 6.09 Å². The molecule has 0 aliphatic carbocycles. The lowest BCUT2D eigenvalue weighted by Crippen LogP contribution is -2.53. The maximum absolute atomic E-state index is 12.6. The van der Waals surface area contributed by atoms with Crippen LogP contribution < -0.4 is 5.32 Å². The summed E-state index contributed by atoms with van der Waals surface area (Å²) in [6, 6.07) is -0.222. The Bertz CT molecular complexity index is 329. The van der Waals surface area contributed by atoms with Crippen LogP contribution in [0.25, 0.3) is 0 Å². The fraction of sp³-hybridized carbons (Fsp3) is 0.857. The molecule has 0 bridgehead atoms. The van der Waals surface area contributed by atoms with E-state index in [1.807, 2.05) is 18.7 Å². The topological polar surface area (TPSA) is 58.6 Å². The highest BCUT2D eigenvalue weighted by Gasteiger charge is 2.36. The van der Waals surface area contributed by atoms with Crippen molar-refractivity contribution >= 4 is 12.0 Å². The summed E-state index contributed by atoms with van der Waals surface area (Å²) in [6.45, 7) is 8.91. The predicted molar refractivity (Wildman–Crippen MR) is 73.7 cm³/mol. The van der Waals surface area contributed by atoms with Crippen molar-refractivity contribution in [2.24, 2.45) is 11.8 Å². The van der Waals surface area contributed by atoms with Gasteiger partial charge in [-0.1, -0.05) is 27.7 Å². The molecule has 2 atom stereocenters. The normalized spacial score (nSPS) is 20.8. The molecular formula is C14H26N2O3.